The Labute approximate surface area is 159 Å². The van der Waals surface area contributed by atoms with Crippen molar-refractivity contribution in [2.24, 2.45) is 0 Å². The Morgan fingerprint density at radius 3 is 2.23 bits per heavy atom. The zero-order valence-electron chi connectivity index (χ0n) is 15.7. The first-order valence-corrected chi connectivity index (χ1v) is 8.87. The molecule has 0 spiro atoms. The maximum absolute atomic E-state index is 6.17. The maximum Gasteiger partial charge on any atom is 0.495 e. The minimum absolute atomic E-state index is 0.335. The van der Waals surface area contributed by atoms with E-state index >= 15 is 0 Å². The molecule has 0 saturated carbocycles. The number of methoxy groups -OCH3 is 1. The molecule has 1 aliphatic rings. The number of hydrogen-bond donors (Lipinski definition) is 0. The van der Waals surface area contributed by atoms with Gasteiger partial charge in [-0.3, -0.25) is 0 Å². The molecule has 0 aliphatic carbocycles. The molecule has 1 aromatic carbocycles. The highest BCUT2D eigenvalue weighted by Gasteiger charge is 2.51. The van der Waals surface area contributed by atoms with E-state index in [1.807, 2.05) is 52.0 Å². The highest BCUT2D eigenvalue weighted by Crippen LogP contribution is 2.36. The van der Waals surface area contributed by atoms with E-state index in [0.29, 0.717) is 17.6 Å². The van der Waals surface area contributed by atoms with Crippen LogP contribution in [0.5, 0.6) is 11.6 Å². The smallest absolute Gasteiger partial charge is 0.495 e. The molecule has 1 fully saturated rings. The molecule has 5 nitrogen and oxygen atoms in total. The number of rotatable bonds is 5. The molecule has 0 bridgehead atoms. The minimum atomic E-state index is -0.510. The van der Waals surface area contributed by atoms with E-state index < -0.39 is 18.3 Å². The predicted molar refractivity (Wildman–Crippen MR) is 102 cm³/mol. The summed E-state index contributed by atoms with van der Waals surface area (Å²) in [5.41, 5.74) is 0.952. The van der Waals surface area contributed by atoms with E-state index in [2.05, 4.69) is 4.98 Å². The van der Waals surface area contributed by atoms with E-state index in [-0.39, 0.29) is 0 Å². The van der Waals surface area contributed by atoms with E-state index in [0.717, 1.165) is 16.8 Å². The van der Waals surface area contributed by atoms with E-state index in [4.69, 9.17) is 30.4 Å². The van der Waals surface area contributed by atoms with Gasteiger partial charge in [-0.2, -0.15) is 0 Å². The van der Waals surface area contributed by atoms with Gasteiger partial charge in [0.1, 0.15) is 17.5 Å². The van der Waals surface area contributed by atoms with Crippen LogP contribution >= 0.6 is 11.6 Å². The Morgan fingerprint density at radius 2 is 1.65 bits per heavy atom. The molecule has 7 heteroatoms. The van der Waals surface area contributed by atoms with Crippen molar-refractivity contribution in [2.45, 2.75) is 45.5 Å². The van der Waals surface area contributed by atoms with Crippen LogP contribution in [0.3, 0.4) is 0 Å². The van der Waals surface area contributed by atoms with Crippen LogP contribution in [0.25, 0.3) is 0 Å². The summed E-state index contributed by atoms with van der Waals surface area (Å²) in [5.74, 6) is 1.23. The number of aromatic nitrogens is 1. The third-order valence-electron chi connectivity index (χ3n) is 4.86. The van der Waals surface area contributed by atoms with Crippen molar-refractivity contribution < 1.29 is 18.8 Å². The van der Waals surface area contributed by atoms with Gasteiger partial charge >= 0.3 is 7.12 Å². The van der Waals surface area contributed by atoms with E-state index in [9.17, 15) is 0 Å². The van der Waals surface area contributed by atoms with Crippen molar-refractivity contribution in [3.05, 3.63) is 47.1 Å². The van der Waals surface area contributed by atoms with Gasteiger partial charge in [0, 0.05) is 6.07 Å². The second kappa shape index (κ2) is 7.10. The van der Waals surface area contributed by atoms with Gasteiger partial charge in [0.15, 0.2) is 0 Å². The molecular formula is C19H23BClNO4. The van der Waals surface area contributed by atoms with Gasteiger partial charge in [0.05, 0.1) is 18.3 Å². The largest absolute Gasteiger partial charge is 0.497 e. The fraction of sp³-hybridized carbons (Fsp3) is 0.421. The highest BCUT2D eigenvalue weighted by molar-refractivity contribution is 6.62. The molecular weight excluding hydrogens is 352 g/mol. The molecule has 1 aromatic heterocycles. The monoisotopic (exact) mass is 375 g/mol. The van der Waals surface area contributed by atoms with Crippen molar-refractivity contribution in [3.63, 3.8) is 0 Å². The fourth-order valence-corrected chi connectivity index (χ4v) is 2.77. The summed E-state index contributed by atoms with van der Waals surface area (Å²) < 4.78 is 23.1. The summed E-state index contributed by atoms with van der Waals surface area (Å²) in [5, 5.41) is 0.335. The van der Waals surface area contributed by atoms with E-state index in [1.54, 1.807) is 19.2 Å². The van der Waals surface area contributed by atoms with Gasteiger partial charge in [-0.15, -0.1) is 0 Å². The summed E-state index contributed by atoms with van der Waals surface area (Å²) in [4.78, 5) is 4.23. The zero-order chi connectivity index (χ0) is 18.9. The average Bonchev–Trinajstić information content (AvgIpc) is 2.81. The molecule has 26 heavy (non-hydrogen) atoms. The molecule has 2 heterocycles. The molecule has 2 aromatic rings. The van der Waals surface area contributed by atoms with Crippen molar-refractivity contribution in [1.29, 1.82) is 0 Å². The SMILES string of the molecule is COc1ccc(COc2cc(B3OC(C)(C)C(C)(C)O3)cc(Cl)n2)cc1. The number of pyridine rings is 1. The van der Waals surface area contributed by atoms with E-state index in [1.165, 1.54) is 0 Å². The third-order valence-corrected chi connectivity index (χ3v) is 5.06. The second-order valence-corrected chi connectivity index (χ2v) is 7.67. The Morgan fingerprint density at radius 1 is 1.04 bits per heavy atom. The highest BCUT2D eigenvalue weighted by atomic mass is 35.5. The second-order valence-electron chi connectivity index (χ2n) is 7.29. The van der Waals surface area contributed by atoms with Gasteiger partial charge in [-0.1, -0.05) is 23.7 Å². The van der Waals surface area contributed by atoms with Crippen LogP contribution in [0.1, 0.15) is 33.3 Å². The summed E-state index contributed by atoms with van der Waals surface area (Å²) in [6.07, 6.45) is 0. The van der Waals surface area contributed by atoms with Crippen LogP contribution in [0.2, 0.25) is 5.15 Å². The number of benzene rings is 1. The molecule has 138 valence electrons. The normalized spacial score (nSPS) is 18.0. The maximum atomic E-state index is 6.17. The molecule has 0 amide bonds. The van der Waals surface area contributed by atoms with Gasteiger partial charge in [-0.05, 0) is 56.9 Å². The van der Waals surface area contributed by atoms with Crippen molar-refractivity contribution >= 4 is 24.2 Å². The average molecular weight is 376 g/mol. The van der Waals surface area contributed by atoms with Crippen molar-refractivity contribution in [2.75, 3.05) is 7.11 Å². The standard InChI is InChI=1S/C19H23BClNO4/c1-18(2)19(3,4)26-20(25-18)14-10-16(21)22-17(11-14)24-12-13-6-8-15(23-5)9-7-13/h6-11H,12H2,1-5H3. The van der Waals surface area contributed by atoms with Crippen molar-refractivity contribution in [3.8, 4) is 11.6 Å². The predicted octanol–water partition coefficient (Wildman–Crippen LogP) is 3.62. The molecule has 0 atom stereocenters. The molecule has 0 radical (unpaired) electrons. The Hall–Kier alpha value is -1.76. The summed E-state index contributed by atoms with van der Waals surface area (Å²) in [6.45, 7) is 8.42. The number of hydrogen-bond acceptors (Lipinski definition) is 5. The van der Waals surface area contributed by atoms with Gasteiger partial charge in [0.2, 0.25) is 5.88 Å². The summed E-state index contributed by atoms with van der Waals surface area (Å²) in [6, 6.07) is 11.2. The third kappa shape index (κ3) is 3.98. The zero-order valence-corrected chi connectivity index (χ0v) is 16.5. The van der Waals surface area contributed by atoms with Crippen LogP contribution in [0.15, 0.2) is 36.4 Å². The molecule has 3 rings (SSSR count). The van der Waals surface area contributed by atoms with Gasteiger partial charge in [0.25, 0.3) is 0 Å². The lowest BCUT2D eigenvalue weighted by molar-refractivity contribution is 0.00578. The lowest BCUT2D eigenvalue weighted by Crippen LogP contribution is -2.41. The first-order chi connectivity index (χ1) is 12.2. The van der Waals surface area contributed by atoms with Crippen LogP contribution in [-0.2, 0) is 15.9 Å². The Bertz CT molecular complexity index is 764. The van der Waals surface area contributed by atoms with Gasteiger partial charge < -0.3 is 18.8 Å². The van der Waals surface area contributed by atoms with Crippen LogP contribution in [0.4, 0.5) is 0 Å². The van der Waals surface area contributed by atoms with Crippen molar-refractivity contribution in [1.82, 2.24) is 4.98 Å². The first kappa shape index (κ1) is 19.0. The minimum Gasteiger partial charge on any atom is -0.497 e. The molecule has 1 aliphatic heterocycles. The lowest BCUT2D eigenvalue weighted by atomic mass is 9.80. The molecule has 1 saturated heterocycles. The lowest BCUT2D eigenvalue weighted by Gasteiger charge is -2.32. The van der Waals surface area contributed by atoms with Crippen LogP contribution in [0, 0.1) is 0 Å². The van der Waals surface area contributed by atoms with Crippen LogP contribution < -0.4 is 14.9 Å². The fourth-order valence-electron chi connectivity index (χ4n) is 2.56. The molecule has 0 N–H and O–H groups in total. The topological polar surface area (TPSA) is 49.8 Å². The summed E-state index contributed by atoms with van der Waals surface area (Å²) in [7, 11) is 1.13. The first-order valence-electron chi connectivity index (χ1n) is 8.49. The summed E-state index contributed by atoms with van der Waals surface area (Å²) >= 11 is 6.17. The Kier molecular flexibility index (Phi) is 5.19. The quantitative estimate of drug-likeness (QED) is 0.590. The van der Waals surface area contributed by atoms with Gasteiger partial charge in [-0.25, -0.2) is 4.98 Å². The number of halogens is 1. The van der Waals surface area contributed by atoms with Crippen LogP contribution in [-0.4, -0.2) is 30.4 Å². The molecule has 0 unspecified atom stereocenters. The number of ether oxygens (including phenoxy) is 2. The Balaban J connectivity index is 1.73. The number of nitrogens with zero attached hydrogens (tertiary/aromatic N) is 1.